The topological polar surface area (TPSA) is 205 Å². The Morgan fingerprint density at radius 1 is 0.322 bits per heavy atom. The number of ether oxygens (including phenoxy) is 20. The maximum atomic E-state index is 11.3. The van der Waals surface area contributed by atoms with Gasteiger partial charge >= 0.3 is 0 Å². The van der Waals surface area contributed by atoms with E-state index >= 15 is 0 Å². The van der Waals surface area contributed by atoms with E-state index in [1.807, 2.05) is 6.92 Å². The molecule has 0 aromatic rings. The highest BCUT2D eigenvalue weighted by molar-refractivity contribution is 4.97. The Kier molecular flexibility index (Phi) is 19.3. The summed E-state index contributed by atoms with van der Waals surface area (Å²) in [6.07, 6.45) is -17.2. The third kappa shape index (κ3) is 10.6. The molecule has 5 aliphatic rings. The molecule has 0 amide bonds. The van der Waals surface area contributed by atoms with Crippen molar-refractivity contribution in [3.8, 4) is 0 Å². The Labute approximate surface area is 346 Å². The van der Waals surface area contributed by atoms with Crippen molar-refractivity contribution in [2.75, 3.05) is 98.0 Å². The van der Waals surface area contributed by atoms with E-state index in [2.05, 4.69) is 0 Å². The average Bonchev–Trinajstić information content (AvgIpc) is 3.24. The van der Waals surface area contributed by atoms with Crippen LogP contribution in [0.3, 0.4) is 0 Å². The number of rotatable bonds is 19. The molecule has 5 fully saturated rings. The van der Waals surface area contributed by atoms with Crippen LogP contribution in [0.4, 0.5) is 0 Å². The second kappa shape index (κ2) is 23.2. The largest absolute Gasteiger partial charge is 0.376 e. The van der Waals surface area contributed by atoms with E-state index in [9.17, 15) is 5.11 Å². The van der Waals surface area contributed by atoms with Gasteiger partial charge in [-0.15, -0.1) is 0 Å². The molecule has 1 N–H and O–H groups in total. The molecule has 5 saturated heterocycles. The maximum absolute atomic E-state index is 11.3. The minimum atomic E-state index is -1.46. The van der Waals surface area contributed by atoms with Gasteiger partial charge in [-0.25, -0.2) is 0 Å². The summed E-state index contributed by atoms with van der Waals surface area (Å²) < 4.78 is 121. The molecule has 0 saturated carbocycles. The fourth-order valence-electron chi connectivity index (χ4n) is 8.67. The summed E-state index contributed by atoms with van der Waals surface area (Å²) in [5.74, 6) is 0. The molecular formula is C38H68O21. The molecule has 346 valence electrons. The molecule has 21 nitrogen and oxygen atoms in total. The van der Waals surface area contributed by atoms with Crippen molar-refractivity contribution in [1.29, 1.82) is 0 Å². The molecule has 21 heteroatoms. The summed E-state index contributed by atoms with van der Waals surface area (Å²) in [4.78, 5) is 0. The Morgan fingerprint density at radius 3 is 1.10 bits per heavy atom. The van der Waals surface area contributed by atoms with Crippen molar-refractivity contribution < 1.29 is 99.8 Å². The highest BCUT2D eigenvalue weighted by atomic mass is 16.8. The van der Waals surface area contributed by atoms with Gasteiger partial charge in [-0.05, 0) is 13.8 Å². The Hall–Kier alpha value is -0.840. The zero-order valence-corrected chi connectivity index (χ0v) is 36.4. The molecular weight excluding hydrogens is 792 g/mol. The molecule has 0 bridgehead atoms. The molecule has 0 aromatic carbocycles. The van der Waals surface area contributed by atoms with Gasteiger partial charge in [-0.3, -0.25) is 0 Å². The average molecular weight is 861 g/mol. The maximum Gasteiger partial charge on any atom is 0.187 e. The quantitative estimate of drug-likeness (QED) is 0.170. The number of hydrogen-bond acceptors (Lipinski definition) is 21. The van der Waals surface area contributed by atoms with Gasteiger partial charge in [-0.1, -0.05) is 0 Å². The molecule has 0 aromatic heterocycles. The predicted molar refractivity (Wildman–Crippen MR) is 198 cm³/mol. The van der Waals surface area contributed by atoms with E-state index in [1.165, 1.54) is 35.5 Å². The number of aliphatic hydroxyl groups excluding tert-OH is 1. The first-order chi connectivity index (χ1) is 28.5. The zero-order valence-electron chi connectivity index (χ0n) is 36.4. The summed E-state index contributed by atoms with van der Waals surface area (Å²) in [6.45, 7) is 3.94. The van der Waals surface area contributed by atoms with Crippen LogP contribution in [-0.2, 0) is 94.7 Å². The predicted octanol–water partition coefficient (Wildman–Crippen LogP) is -0.757. The summed E-state index contributed by atoms with van der Waals surface area (Å²) in [7, 11) is 17.0. The summed E-state index contributed by atoms with van der Waals surface area (Å²) >= 11 is 0. The first kappa shape index (κ1) is 49.2. The van der Waals surface area contributed by atoms with Gasteiger partial charge in [-0.2, -0.15) is 0 Å². The highest BCUT2D eigenvalue weighted by Crippen LogP contribution is 2.37. The van der Waals surface area contributed by atoms with Crippen LogP contribution in [0.25, 0.3) is 0 Å². The van der Waals surface area contributed by atoms with Crippen LogP contribution in [0.15, 0.2) is 0 Å². The summed E-state index contributed by atoms with van der Waals surface area (Å²) in [5.41, 5.74) is 0. The van der Waals surface area contributed by atoms with Crippen LogP contribution < -0.4 is 0 Å². The first-order valence-electron chi connectivity index (χ1n) is 19.8. The van der Waals surface area contributed by atoms with Gasteiger partial charge in [0.05, 0.1) is 32.0 Å². The van der Waals surface area contributed by atoms with Crippen LogP contribution in [-0.4, -0.2) is 238 Å². The molecule has 5 aliphatic heterocycles. The number of methoxy groups -OCH3 is 11. The zero-order chi connectivity index (χ0) is 43.0. The number of aliphatic hydroxyl groups is 1. The lowest BCUT2D eigenvalue weighted by Gasteiger charge is -2.50. The van der Waals surface area contributed by atoms with Crippen molar-refractivity contribution in [3.05, 3.63) is 0 Å². The number of hydrogen-bond donors (Lipinski definition) is 1. The molecule has 0 radical (unpaired) electrons. The van der Waals surface area contributed by atoms with E-state index in [0.29, 0.717) is 0 Å². The SMILES string of the molecule is CO[C@@H]1[C@@H](OC)[C@H](C)O[C@@H](O[C@@H]2[C@@H](O[C@@H]3O[C@@H](C)[C@H](O[C@@H]4OC[C@@H](OC)[C@H](O[C@@H]5OC[C@@H](OC)[C@H](OC)[C@H]5OC)[C@H]4OC)[C@@H](OC)[C@H]3OC)[C@@H](O)OC[C@H]2OC)[C@@H]1OC. The normalized spacial score (nSPS) is 47.3. The second-order valence-electron chi connectivity index (χ2n) is 14.9. The van der Waals surface area contributed by atoms with E-state index in [1.54, 1.807) is 49.6 Å². The Morgan fingerprint density at radius 2 is 0.644 bits per heavy atom. The minimum Gasteiger partial charge on any atom is -0.376 e. The smallest absolute Gasteiger partial charge is 0.187 e. The van der Waals surface area contributed by atoms with Crippen molar-refractivity contribution in [3.63, 3.8) is 0 Å². The lowest BCUT2D eigenvalue weighted by Crippen LogP contribution is -2.66. The van der Waals surface area contributed by atoms with Crippen LogP contribution in [0.5, 0.6) is 0 Å². The van der Waals surface area contributed by atoms with E-state index in [4.69, 9.17) is 94.7 Å². The van der Waals surface area contributed by atoms with Crippen LogP contribution in [0.2, 0.25) is 0 Å². The standard InChI is InChI=1S/C38H68O21/c1-17-22(43-6)27(45-8)32(49-12)37(54-17)58-25-20(41-4)14-51-34(39)29(25)59-38-33(50-13)28(46-9)23(18(2)55-38)56-36-31(48-11)26(21(42-5)16-53-36)57-35-30(47-10)24(44-7)19(40-3)15-52-35/h17-39H,14-16H2,1-13H3/t17-,18-,19+,20+,21+,22-,23-,24-,25-,26-,27+,28+,29+,30+,31+,32+,33+,34-,35-,36-,37-,38-/m0/s1. The molecule has 59 heavy (non-hydrogen) atoms. The third-order valence-corrected chi connectivity index (χ3v) is 11.9. The molecule has 5 rings (SSSR count). The fraction of sp³-hybridized carbons (Fsp3) is 1.00. The van der Waals surface area contributed by atoms with E-state index < -0.39 is 129 Å². The summed E-state index contributed by atoms with van der Waals surface area (Å²) in [5, 5.41) is 11.3. The van der Waals surface area contributed by atoms with Crippen LogP contribution >= 0.6 is 0 Å². The molecule has 22 atom stereocenters. The van der Waals surface area contributed by atoms with Crippen molar-refractivity contribution in [2.24, 2.45) is 0 Å². The van der Waals surface area contributed by atoms with Gasteiger partial charge in [0.1, 0.15) is 91.6 Å². The van der Waals surface area contributed by atoms with Gasteiger partial charge in [0.2, 0.25) is 0 Å². The minimum absolute atomic E-state index is 0.000906. The second-order valence-corrected chi connectivity index (χ2v) is 14.9. The van der Waals surface area contributed by atoms with E-state index in [0.717, 1.165) is 0 Å². The molecule has 0 unspecified atom stereocenters. The van der Waals surface area contributed by atoms with Crippen molar-refractivity contribution >= 4 is 0 Å². The molecule has 5 heterocycles. The van der Waals surface area contributed by atoms with Gasteiger partial charge in [0.25, 0.3) is 0 Å². The van der Waals surface area contributed by atoms with Gasteiger partial charge in [0, 0.05) is 78.2 Å². The molecule has 0 spiro atoms. The highest BCUT2D eigenvalue weighted by Gasteiger charge is 2.56. The van der Waals surface area contributed by atoms with Gasteiger partial charge < -0.3 is 99.8 Å². The first-order valence-corrected chi connectivity index (χ1v) is 19.8. The third-order valence-electron chi connectivity index (χ3n) is 11.9. The van der Waals surface area contributed by atoms with E-state index in [-0.39, 0.29) is 25.9 Å². The monoisotopic (exact) mass is 860 g/mol. The lowest BCUT2D eigenvalue weighted by atomic mass is 9.97. The lowest BCUT2D eigenvalue weighted by molar-refractivity contribution is -0.391. The summed E-state index contributed by atoms with van der Waals surface area (Å²) in [6, 6.07) is 0. The van der Waals surface area contributed by atoms with Crippen LogP contribution in [0.1, 0.15) is 13.8 Å². The fourth-order valence-corrected chi connectivity index (χ4v) is 8.67. The molecule has 0 aliphatic carbocycles. The Bertz CT molecular complexity index is 1210. The van der Waals surface area contributed by atoms with Crippen molar-refractivity contribution in [1.82, 2.24) is 0 Å². The van der Waals surface area contributed by atoms with Crippen molar-refractivity contribution in [2.45, 2.75) is 149 Å². The Balaban J connectivity index is 1.33. The van der Waals surface area contributed by atoms with Gasteiger partial charge in [0.15, 0.2) is 31.5 Å². The van der Waals surface area contributed by atoms with Crippen LogP contribution in [0, 0.1) is 0 Å².